The number of carbonyl (C=O) groups excluding carboxylic acids is 3. The third-order valence-electron chi connectivity index (χ3n) is 3.98. The lowest BCUT2D eigenvalue weighted by Gasteiger charge is -2.26. The molecule has 6 N–H and O–H groups in total. The second-order valence-corrected chi connectivity index (χ2v) is 6.43. The fourth-order valence-electron chi connectivity index (χ4n) is 2.09. The maximum Gasteiger partial charge on any atom is 0.326 e. The molecule has 9 heteroatoms. The maximum absolute atomic E-state index is 12.4. The van der Waals surface area contributed by atoms with Gasteiger partial charge in [0.1, 0.15) is 18.1 Å². The van der Waals surface area contributed by atoms with Crippen LogP contribution in [-0.2, 0) is 19.2 Å². The molecule has 4 atom stereocenters. The van der Waals surface area contributed by atoms with Gasteiger partial charge in [0.25, 0.3) is 0 Å². The molecule has 0 spiro atoms. The lowest BCUT2D eigenvalue weighted by molar-refractivity contribution is -0.143. The van der Waals surface area contributed by atoms with Crippen molar-refractivity contribution >= 4 is 23.7 Å². The Morgan fingerprint density at radius 3 is 1.88 bits per heavy atom. The minimum atomic E-state index is -1.14. The van der Waals surface area contributed by atoms with Crippen molar-refractivity contribution in [2.75, 3.05) is 6.54 Å². The largest absolute Gasteiger partial charge is 0.480 e. The molecule has 144 valence electrons. The van der Waals surface area contributed by atoms with Gasteiger partial charge in [0, 0.05) is 0 Å². The van der Waals surface area contributed by atoms with E-state index in [4.69, 9.17) is 10.8 Å². The van der Waals surface area contributed by atoms with E-state index in [0.717, 1.165) is 0 Å². The number of carboxylic acids is 1. The Balaban J connectivity index is 4.95. The number of carboxylic acid groups (broad SMARTS) is 1. The van der Waals surface area contributed by atoms with E-state index in [1.807, 2.05) is 6.92 Å². The highest BCUT2D eigenvalue weighted by atomic mass is 16.4. The van der Waals surface area contributed by atoms with E-state index < -0.39 is 41.8 Å². The molecular weight excluding hydrogens is 328 g/mol. The van der Waals surface area contributed by atoms with Gasteiger partial charge in [0.05, 0.1) is 6.54 Å². The van der Waals surface area contributed by atoms with Gasteiger partial charge in [-0.05, 0) is 18.8 Å². The summed E-state index contributed by atoms with van der Waals surface area (Å²) in [4.78, 5) is 47.2. The molecule has 0 heterocycles. The number of hydrogen-bond donors (Lipinski definition) is 5. The number of rotatable bonds is 10. The van der Waals surface area contributed by atoms with Crippen molar-refractivity contribution in [3.8, 4) is 0 Å². The summed E-state index contributed by atoms with van der Waals surface area (Å²) >= 11 is 0. The monoisotopic (exact) mass is 358 g/mol. The summed E-state index contributed by atoms with van der Waals surface area (Å²) < 4.78 is 0. The van der Waals surface area contributed by atoms with Gasteiger partial charge in [0.15, 0.2) is 0 Å². The van der Waals surface area contributed by atoms with E-state index in [0.29, 0.717) is 6.42 Å². The summed E-state index contributed by atoms with van der Waals surface area (Å²) in [5, 5.41) is 16.6. The van der Waals surface area contributed by atoms with Gasteiger partial charge in [-0.2, -0.15) is 0 Å². The van der Waals surface area contributed by atoms with Crippen LogP contribution < -0.4 is 21.7 Å². The number of hydrogen-bond acceptors (Lipinski definition) is 5. The molecule has 0 radical (unpaired) electrons. The Labute approximate surface area is 148 Å². The van der Waals surface area contributed by atoms with E-state index in [9.17, 15) is 19.2 Å². The summed E-state index contributed by atoms with van der Waals surface area (Å²) in [5.41, 5.74) is 5.26. The molecule has 0 fully saturated rings. The van der Waals surface area contributed by atoms with E-state index in [1.165, 1.54) is 6.92 Å². The van der Waals surface area contributed by atoms with Crippen LogP contribution in [0.15, 0.2) is 0 Å². The van der Waals surface area contributed by atoms with Crippen LogP contribution in [0.5, 0.6) is 0 Å². The fraction of sp³-hybridized carbons (Fsp3) is 0.750. The van der Waals surface area contributed by atoms with Crippen molar-refractivity contribution in [1.29, 1.82) is 0 Å². The van der Waals surface area contributed by atoms with Crippen LogP contribution in [0.1, 0.15) is 41.0 Å². The van der Waals surface area contributed by atoms with Gasteiger partial charge < -0.3 is 26.8 Å². The zero-order valence-electron chi connectivity index (χ0n) is 15.5. The summed E-state index contributed by atoms with van der Waals surface area (Å²) in [6.07, 6.45) is 0.637. The van der Waals surface area contributed by atoms with Crippen molar-refractivity contribution in [3.05, 3.63) is 0 Å². The lowest BCUT2D eigenvalue weighted by atomic mass is 9.98. The second-order valence-electron chi connectivity index (χ2n) is 6.43. The fourth-order valence-corrected chi connectivity index (χ4v) is 2.09. The zero-order valence-corrected chi connectivity index (χ0v) is 15.5. The Kier molecular flexibility index (Phi) is 9.73. The van der Waals surface area contributed by atoms with Crippen molar-refractivity contribution in [3.63, 3.8) is 0 Å². The second kappa shape index (κ2) is 10.7. The van der Waals surface area contributed by atoms with Crippen molar-refractivity contribution in [1.82, 2.24) is 16.0 Å². The lowest BCUT2D eigenvalue weighted by Crippen LogP contribution is -2.57. The molecule has 0 saturated carbocycles. The van der Waals surface area contributed by atoms with Crippen LogP contribution in [0.4, 0.5) is 0 Å². The van der Waals surface area contributed by atoms with Crippen molar-refractivity contribution in [2.45, 2.75) is 59.2 Å². The quantitative estimate of drug-likeness (QED) is 0.345. The number of amides is 3. The topological polar surface area (TPSA) is 151 Å². The zero-order chi connectivity index (χ0) is 19.7. The number of carbonyl (C=O) groups is 4. The summed E-state index contributed by atoms with van der Waals surface area (Å²) in [5.74, 6) is -3.20. The van der Waals surface area contributed by atoms with E-state index in [2.05, 4.69) is 16.0 Å². The van der Waals surface area contributed by atoms with Crippen LogP contribution in [0.3, 0.4) is 0 Å². The predicted octanol–water partition coefficient (Wildman–Crippen LogP) is -0.794. The minimum Gasteiger partial charge on any atom is -0.480 e. The molecule has 0 aromatic carbocycles. The Hall–Kier alpha value is -2.16. The summed E-state index contributed by atoms with van der Waals surface area (Å²) in [7, 11) is 0. The highest BCUT2D eigenvalue weighted by Gasteiger charge is 2.30. The average Bonchev–Trinajstić information content (AvgIpc) is 2.55. The highest BCUT2D eigenvalue weighted by Crippen LogP contribution is 2.08. The first-order valence-electron chi connectivity index (χ1n) is 8.38. The molecule has 25 heavy (non-hydrogen) atoms. The van der Waals surface area contributed by atoms with Gasteiger partial charge in [-0.15, -0.1) is 0 Å². The van der Waals surface area contributed by atoms with Gasteiger partial charge in [-0.3, -0.25) is 14.4 Å². The SMILES string of the molecule is CCC(C)C(NC(=O)CN)C(=O)NC(C)C(=O)NC(C(=O)O)C(C)C. The first kappa shape index (κ1) is 22.8. The van der Waals surface area contributed by atoms with Crippen LogP contribution >= 0.6 is 0 Å². The Morgan fingerprint density at radius 2 is 1.48 bits per heavy atom. The smallest absolute Gasteiger partial charge is 0.326 e. The Bertz CT molecular complexity index is 495. The average molecular weight is 358 g/mol. The third-order valence-corrected chi connectivity index (χ3v) is 3.98. The number of nitrogens with two attached hydrogens (primary N) is 1. The van der Waals surface area contributed by atoms with E-state index >= 15 is 0 Å². The highest BCUT2D eigenvalue weighted by molar-refractivity contribution is 5.93. The third kappa shape index (κ3) is 7.51. The first-order chi connectivity index (χ1) is 11.5. The summed E-state index contributed by atoms with van der Waals surface area (Å²) in [6, 6.07) is -2.82. The molecule has 9 nitrogen and oxygen atoms in total. The standard InChI is InChI=1S/C16H30N4O5/c1-6-9(4)13(19-11(21)7-17)15(23)18-10(5)14(22)20-12(8(2)3)16(24)25/h8-10,12-13H,6-7,17H2,1-5H3,(H,18,23)(H,19,21)(H,20,22)(H,24,25). The van der Waals surface area contributed by atoms with Crippen LogP contribution in [0.2, 0.25) is 0 Å². The normalized spacial score (nSPS) is 15.6. The molecular formula is C16H30N4O5. The van der Waals surface area contributed by atoms with Gasteiger partial charge in [0.2, 0.25) is 17.7 Å². The summed E-state index contributed by atoms with van der Waals surface area (Å²) in [6.45, 7) is 8.21. The molecule has 3 amide bonds. The molecule has 0 aliphatic heterocycles. The van der Waals surface area contributed by atoms with Gasteiger partial charge in [-0.25, -0.2) is 4.79 Å². The molecule has 0 bridgehead atoms. The van der Waals surface area contributed by atoms with Crippen molar-refractivity contribution < 1.29 is 24.3 Å². The van der Waals surface area contributed by atoms with Crippen molar-refractivity contribution in [2.24, 2.45) is 17.6 Å². The van der Waals surface area contributed by atoms with Crippen LogP contribution in [0.25, 0.3) is 0 Å². The van der Waals surface area contributed by atoms with Crippen LogP contribution in [-0.4, -0.2) is 53.5 Å². The predicted molar refractivity (Wildman–Crippen MR) is 92.4 cm³/mol. The minimum absolute atomic E-state index is 0.159. The van der Waals surface area contributed by atoms with Gasteiger partial charge in [-0.1, -0.05) is 34.1 Å². The molecule has 0 aromatic rings. The first-order valence-corrected chi connectivity index (χ1v) is 8.38. The van der Waals surface area contributed by atoms with E-state index in [-0.39, 0.29) is 18.4 Å². The number of nitrogens with one attached hydrogen (secondary N) is 3. The maximum atomic E-state index is 12.4. The van der Waals surface area contributed by atoms with E-state index in [1.54, 1.807) is 20.8 Å². The molecule has 0 aliphatic carbocycles. The van der Waals surface area contributed by atoms with Gasteiger partial charge >= 0.3 is 5.97 Å². The molecule has 0 saturated heterocycles. The molecule has 0 aliphatic rings. The molecule has 4 unspecified atom stereocenters. The van der Waals surface area contributed by atoms with Crippen LogP contribution in [0, 0.1) is 11.8 Å². The molecule has 0 rings (SSSR count). The molecule has 0 aromatic heterocycles. The Morgan fingerprint density at radius 1 is 0.920 bits per heavy atom. The number of aliphatic carboxylic acids is 1.